The molecule has 0 amide bonds. The van der Waals surface area contributed by atoms with Crippen LogP contribution in [-0.2, 0) is 5.41 Å². The van der Waals surface area contributed by atoms with Crippen LogP contribution in [0.15, 0.2) is 12.4 Å². The summed E-state index contributed by atoms with van der Waals surface area (Å²) in [5, 5.41) is 0. The van der Waals surface area contributed by atoms with Gasteiger partial charge in [0.05, 0.1) is 12.4 Å². The third-order valence-electron chi connectivity index (χ3n) is 2.38. The van der Waals surface area contributed by atoms with Gasteiger partial charge in [0.25, 0.3) is 0 Å². The fourth-order valence-corrected chi connectivity index (χ4v) is 1.39. The third-order valence-corrected chi connectivity index (χ3v) is 2.38. The zero-order valence-corrected chi connectivity index (χ0v) is 9.05. The Morgan fingerprint density at radius 3 is 2.36 bits per heavy atom. The number of aromatic nitrogens is 2. The summed E-state index contributed by atoms with van der Waals surface area (Å²) in [6.07, 6.45) is 5.81. The molecule has 0 N–H and O–H groups in total. The SMILES string of the molecule is CCCCC(C)(C)c1ncc(F)cn1. The molecule has 0 spiro atoms. The van der Waals surface area contributed by atoms with E-state index in [1.165, 1.54) is 12.4 Å². The molecule has 3 heteroatoms. The molecule has 2 nitrogen and oxygen atoms in total. The van der Waals surface area contributed by atoms with Crippen LogP contribution in [0.4, 0.5) is 4.39 Å². The average Bonchev–Trinajstić information content (AvgIpc) is 2.16. The Kier molecular flexibility index (Phi) is 3.55. The summed E-state index contributed by atoms with van der Waals surface area (Å²) in [6, 6.07) is 0. The minimum absolute atomic E-state index is 0.0519. The molecule has 0 fully saturated rings. The molecule has 14 heavy (non-hydrogen) atoms. The molecular weight excluding hydrogens is 179 g/mol. The minimum Gasteiger partial charge on any atom is -0.238 e. The number of hydrogen-bond acceptors (Lipinski definition) is 2. The van der Waals surface area contributed by atoms with Crippen molar-refractivity contribution >= 4 is 0 Å². The Hall–Kier alpha value is -0.990. The van der Waals surface area contributed by atoms with Gasteiger partial charge >= 0.3 is 0 Å². The smallest absolute Gasteiger partial charge is 0.159 e. The van der Waals surface area contributed by atoms with Gasteiger partial charge in [0.1, 0.15) is 5.82 Å². The normalized spacial score (nSPS) is 11.7. The van der Waals surface area contributed by atoms with Crippen LogP contribution in [0.3, 0.4) is 0 Å². The first kappa shape index (κ1) is 11.1. The summed E-state index contributed by atoms with van der Waals surface area (Å²) < 4.78 is 12.6. The second kappa shape index (κ2) is 4.49. The van der Waals surface area contributed by atoms with E-state index in [-0.39, 0.29) is 11.2 Å². The van der Waals surface area contributed by atoms with Crippen LogP contribution in [0.1, 0.15) is 45.9 Å². The lowest BCUT2D eigenvalue weighted by Gasteiger charge is -2.22. The Bertz CT molecular complexity index is 280. The van der Waals surface area contributed by atoms with Crippen LogP contribution in [0.2, 0.25) is 0 Å². The van der Waals surface area contributed by atoms with Crippen LogP contribution in [0, 0.1) is 5.82 Å². The predicted octanol–water partition coefficient (Wildman–Crippen LogP) is 3.08. The lowest BCUT2D eigenvalue weighted by atomic mass is 9.86. The van der Waals surface area contributed by atoms with Crippen molar-refractivity contribution in [2.45, 2.75) is 45.4 Å². The Morgan fingerprint density at radius 1 is 1.29 bits per heavy atom. The second-order valence-electron chi connectivity index (χ2n) is 4.21. The molecule has 1 aromatic rings. The van der Waals surface area contributed by atoms with Gasteiger partial charge in [-0.25, -0.2) is 14.4 Å². The molecule has 0 aromatic carbocycles. The van der Waals surface area contributed by atoms with Gasteiger partial charge in [0.15, 0.2) is 5.82 Å². The molecule has 0 unspecified atom stereocenters. The van der Waals surface area contributed by atoms with Gasteiger partial charge in [-0.1, -0.05) is 33.6 Å². The van der Waals surface area contributed by atoms with Gasteiger partial charge in [-0.3, -0.25) is 0 Å². The Morgan fingerprint density at radius 2 is 1.86 bits per heavy atom. The third kappa shape index (κ3) is 2.76. The van der Waals surface area contributed by atoms with E-state index in [4.69, 9.17) is 0 Å². The highest BCUT2D eigenvalue weighted by Crippen LogP contribution is 2.25. The van der Waals surface area contributed by atoms with Crippen LogP contribution in [0.25, 0.3) is 0 Å². The van der Waals surface area contributed by atoms with E-state index in [9.17, 15) is 4.39 Å². The molecule has 1 aromatic heterocycles. The first-order valence-corrected chi connectivity index (χ1v) is 5.04. The maximum atomic E-state index is 12.6. The zero-order chi connectivity index (χ0) is 10.6. The fourth-order valence-electron chi connectivity index (χ4n) is 1.39. The molecule has 1 heterocycles. The van der Waals surface area contributed by atoms with Crippen molar-refractivity contribution in [2.24, 2.45) is 0 Å². The van der Waals surface area contributed by atoms with Crippen molar-refractivity contribution < 1.29 is 4.39 Å². The van der Waals surface area contributed by atoms with E-state index in [1.54, 1.807) is 0 Å². The van der Waals surface area contributed by atoms with Crippen LogP contribution in [0.5, 0.6) is 0 Å². The van der Waals surface area contributed by atoms with E-state index < -0.39 is 0 Å². The van der Waals surface area contributed by atoms with Gasteiger partial charge in [0, 0.05) is 5.41 Å². The van der Waals surface area contributed by atoms with E-state index in [0.717, 1.165) is 25.1 Å². The second-order valence-corrected chi connectivity index (χ2v) is 4.21. The molecule has 0 atom stereocenters. The van der Waals surface area contributed by atoms with Crippen molar-refractivity contribution in [3.63, 3.8) is 0 Å². The predicted molar refractivity (Wildman–Crippen MR) is 54.5 cm³/mol. The highest BCUT2D eigenvalue weighted by molar-refractivity contribution is 5.04. The number of hydrogen-bond donors (Lipinski definition) is 0. The maximum absolute atomic E-state index is 12.6. The van der Waals surface area contributed by atoms with Gasteiger partial charge in [0.2, 0.25) is 0 Å². The highest BCUT2D eigenvalue weighted by atomic mass is 19.1. The minimum atomic E-state index is -0.375. The standard InChI is InChI=1S/C11H17FN2/c1-4-5-6-11(2,3)10-13-7-9(12)8-14-10/h7-8H,4-6H2,1-3H3. The molecule has 78 valence electrons. The number of nitrogens with zero attached hydrogens (tertiary/aromatic N) is 2. The van der Waals surface area contributed by atoms with E-state index >= 15 is 0 Å². The molecule has 0 bridgehead atoms. The molecule has 0 aliphatic heterocycles. The summed E-state index contributed by atoms with van der Waals surface area (Å²) in [5.74, 6) is 0.354. The van der Waals surface area contributed by atoms with Crippen molar-refractivity contribution in [3.8, 4) is 0 Å². The zero-order valence-electron chi connectivity index (χ0n) is 9.05. The molecule has 0 aliphatic carbocycles. The van der Waals surface area contributed by atoms with Crippen molar-refractivity contribution in [1.82, 2.24) is 9.97 Å². The number of halogens is 1. The van der Waals surface area contributed by atoms with Crippen molar-refractivity contribution in [1.29, 1.82) is 0 Å². The summed E-state index contributed by atoms with van der Waals surface area (Å²) in [5.41, 5.74) is -0.0519. The molecule has 0 aliphatic rings. The highest BCUT2D eigenvalue weighted by Gasteiger charge is 2.22. The molecular formula is C11H17FN2. The Balaban J connectivity index is 2.75. The van der Waals surface area contributed by atoms with E-state index in [0.29, 0.717) is 0 Å². The van der Waals surface area contributed by atoms with E-state index in [1.807, 2.05) is 0 Å². The topological polar surface area (TPSA) is 25.8 Å². The van der Waals surface area contributed by atoms with Crippen LogP contribution >= 0.6 is 0 Å². The molecule has 0 radical (unpaired) electrons. The largest absolute Gasteiger partial charge is 0.238 e. The average molecular weight is 196 g/mol. The summed E-state index contributed by atoms with van der Waals surface area (Å²) in [4.78, 5) is 8.03. The monoisotopic (exact) mass is 196 g/mol. The van der Waals surface area contributed by atoms with Crippen molar-refractivity contribution in [2.75, 3.05) is 0 Å². The molecule has 0 saturated heterocycles. The summed E-state index contributed by atoms with van der Waals surface area (Å²) in [7, 11) is 0. The quantitative estimate of drug-likeness (QED) is 0.739. The molecule has 1 rings (SSSR count). The van der Waals surface area contributed by atoms with Crippen molar-refractivity contribution in [3.05, 3.63) is 24.0 Å². The lowest BCUT2D eigenvalue weighted by Crippen LogP contribution is -2.20. The van der Waals surface area contributed by atoms with Gasteiger partial charge < -0.3 is 0 Å². The number of unbranched alkanes of at least 4 members (excludes halogenated alkanes) is 1. The first-order valence-electron chi connectivity index (χ1n) is 5.04. The van der Waals surface area contributed by atoms with Gasteiger partial charge in [-0.15, -0.1) is 0 Å². The maximum Gasteiger partial charge on any atom is 0.159 e. The van der Waals surface area contributed by atoms with Crippen LogP contribution < -0.4 is 0 Å². The van der Waals surface area contributed by atoms with E-state index in [2.05, 4.69) is 30.7 Å². The summed E-state index contributed by atoms with van der Waals surface area (Å²) >= 11 is 0. The molecule has 0 saturated carbocycles. The lowest BCUT2D eigenvalue weighted by molar-refractivity contribution is 0.428. The summed E-state index contributed by atoms with van der Waals surface area (Å²) in [6.45, 7) is 6.34. The number of rotatable bonds is 4. The Labute approximate surface area is 84.6 Å². The van der Waals surface area contributed by atoms with Gasteiger partial charge in [-0.2, -0.15) is 0 Å². The van der Waals surface area contributed by atoms with Crippen LogP contribution in [-0.4, -0.2) is 9.97 Å². The first-order chi connectivity index (χ1) is 6.56. The van der Waals surface area contributed by atoms with Gasteiger partial charge in [-0.05, 0) is 6.42 Å². The fraction of sp³-hybridized carbons (Fsp3) is 0.636.